The van der Waals surface area contributed by atoms with E-state index >= 15 is 0 Å². The molecule has 0 aliphatic rings. The van der Waals surface area contributed by atoms with Gasteiger partial charge in [-0.05, 0) is 36.4 Å². The molecule has 0 aliphatic carbocycles. The monoisotopic (exact) mass is 481 g/mol. The van der Waals surface area contributed by atoms with Gasteiger partial charge in [0, 0.05) is 27.4 Å². The molecule has 0 aromatic heterocycles. The van der Waals surface area contributed by atoms with Crippen LogP contribution in [0.5, 0.6) is 11.5 Å². The number of halogens is 1. The summed E-state index contributed by atoms with van der Waals surface area (Å²) >= 11 is 3.36. The van der Waals surface area contributed by atoms with Gasteiger partial charge < -0.3 is 19.5 Å². The number of ether oxygens (including phenoxy) is 3. The van der Waals surface area contributed by atoms with Crippen molar-refractivity contribution in [3.8, 4) is 11.5 Å². The highest BCUT2D eigenvalue weighted by Crippen LogP contribution is 2.32. The molecular weight excluding hydrogens is 462 g/mol. The van der Waals surface area contributed by atoms with Gasteiger partial charge in [-0.3, -0.25) is 4.79 Å². The zero-order valence-electron chi connectivity index (χ0n) is 16.9. The van der Waals surface area contributed by atoms with E-state index in [0.717, 1.165) is 4.47 Å². The number of para-hydroxylation sites is 1. The van der Waals surface area contributed by atoms with Crippen LogP contribution in [0.1, 0.15) is 15.9 Å². The smallest absolute Gasteiger partial charge is 0.341 e. The topological polar surface area (TPSA) is 73.9 Å². The van der Waals surface area contributed by atoms with Crippen LogP contribution in [0.2, 0.25) is 0 Å². The predicted molar refractivity (Wildman–Crippen MR) is 122 cm³/mol. The fourth-order valence-electron chi connectivity index (χ4n) is 2.82. The summed E-state index contributed by atoms with van der Waals surface area (Å²) in [7, 11) is 2.75. The van der Waals surface area contributed by atoms with Gasteiger partial charge in [0.25, 0.3) is 5.91 Å². The number of hydrogen-bond donors (Lipinski definition) is 1. The molecule has 0 spiro atoms. The molecule has 6 nitrogen and oxygen atoms in total. The lowest BCUT2D eigenvalue weighted by Gasteiger charge is -2.13. The molecule has 7 heteroatoms. The van der Waals surface area contributed by atoms with Crippen molar-refractivity contribution in [1.29, 1.82) is 0 Å². The van der Waals surface area contributed by atoms with Crippen LogP contribution in [0.25, 0.3) is 5.57 Å². The Balaban J connectivity index is 1.84. The number of rotatable bonds is 7. The van der Waals surface area contributed by atoms with Crippen LogP contribution in [0.3, 0.4) is 0 Å². The molecule has 0 heterocycles. The van der Waals surface area contributed by atoms with E-state index in [9.17, 15) is 9.59 Å². The number of nitrogens with one attached hydrogen (secondary N) is 1. The predicted octanol–water partition coefficient (Wildman–Crippen LogP) is 5.65. The molecule has 158 valence electrons. The van der Waals surface area contributed by atoms with E-state index < -0.39 is 5.97 Å². The van der Waals surface area contributed by atoms with Crippen LogP contribution in [0.4, 0.5) is 5.69 Å². The second-order valence-electron chi connectivity index (χ2n) is 6.35. The summed E-state index contributed by atoms with van der Waals surface area (Å²) in [6, 6.07) is 21.1. The van der Waals surface area contributed by atoms with Crippen molar-refractivity contribution in [3.63, 3.8) is 0 Å². The van der Waals surface area contributed by atoms with Gasteiger partial charge in [-0.25, -0.2) is 4.79 Å². The maximum Gasteiger partial charge on any atom is 0.341 e. The highest BCUT2D eigenvalue weighted by Gasteiger charge is 2.18. The van der Waals surface area contributed by atoms with Crippen molar-refractivity contribution in [3.05, 3.63) is 94.7 Å². The number of carbonyl (C=O) groups excluding carboxylic acids is 2. The van der Waals surface area contributed by atoms with Gasteiger partial charge in [0.15, 0.2) is 0 Å². The first-order valence-electron chi connectivity index (χ1n) is 9.27. The first-order valence-corrected chi connectivity index (χ1v) is 10.1. The number of anilines is 1. The largest absolute Gasteiger partial charge is 0.503 e. The van der Waals surface area contributed by atoms with Crippen LogP contribution in [0, 0.1) is 0 Å². The molecule has 0 unspecified atom stereocenters. The average Bonchev–Trinajstić information content (AvgIpc) is 2.78. The zero-order chi connectivity index (χ0) is 22.2. The Bertz CT molecular complexity index is 1130. The lowest BCUT2D eigenvalue weighted by Crippen LogP contribution is -2.11. The van der Waals surface area contributed by atoms with Crippen LogP contribution < -0.4 is 10.1 Å². The molecule has 0 saturated heterocycles. The Hall–Kier alpha value is -3.58. The maximum absolute atomic E-state index is 12.5. The Morgan fingerprint density at radius 3 is 2.45 bits per heavy atom. The summed E-state index contributed by atoms with van der Waals surface area (Å²) < 4.78 is 16.7. The second-order valence-corrected chi connectivity index (χ2v) is 7.27. The molecule has 0 saturated carbocycles. The Labute approximate surface area is 188 Å². The normalized spacial score (nSPS) is 10.9. The third-order valence-corrected chi connectivity index (χ3v) is 4.72. The van der Waals surface area contributed by atoms with Crippen molar-refractivity contribution in [2.24, 2.45) is 0 Å². The van der Waals surface area contributed by atoms with Crippen molar-refractivity contribution in [1.82, 2.24) is 0 Å². The van der Waals surface area contributed by atoms with Gasteiger partial charge >= 0.3 is 5.97 Å². The van der Waals surface area contributed by atoms with Crippen molar-refractivity contribution in [2.75, 3.05) is 19.5 Å². The van der Waals surface area contributed by atoms with E-state index in [0.29, 0.717) is 28.3 Å². The number of methoxy groups -OCH3 is 2. The van der Waals surface area contributed by atoms with Crippen LogP contribution >= 0.6 is 15.9 Å². The zero-order valence-corrected chi connectivity index (χ0v) is 18.5. The summed E-state index contributed by atoms with van der Waals surface area (Å²) in [4.78, 5) is 24.7. The molecule has 31 heavy (non-hydrogen) atoms. The molecule has 1 amide bonds. The second kappa shape index (κ2) is 10.4. The standard InChI is InChI=1S/C24H20BrNO5/c1-29-15-21(24(28)30-2)20-11-3-4-12-22(20)31-19-10-6-9-18(14-19)26-23(27)16-7-5-8-17(25)13-16/h3-15H,1-2H3,(H,26,27). The fourth-order valence-corrected chi connectivity index (χ4v) is 3.22. The van der Waals surface area contributed by atoms with E-state index in [-0.39, 0.29) is 11.5 Å². The van der Waals surface area contributed by atoms with Crippen LogP contribution in [-0.2, 0) is 14.3 Å². The van der Waals surface area contributed by atoms with Gasteiger partial charge in [0.2, 0.25) is 0 Å². The molecule has 0 radical (unpaired) electrons. The molecule has 3 rings (SSSR count). The number of hydrogen-bond acceptors (Lipinski definition) is 5. The maximum atomic E-state index is 12.5. The molecular formula is C24H20BrNO5. The Morgan fingerprint density at radius 1 is 0.935 bits per heavy atom. The molecule has 0 fully saturated rings. The number of carbonyl (C=O) groups is 2. The third-order valence-electron chi connectivity index (χ3n) is 4.22. The van der Waals surface area contributed by atoms with Gasteiger partial charge in [0.05, 0.1) is 20.5 Å². The first kappa shape index (κ1) is 22.1. The van der Waals surface area contributed by atoms with Crippen LogP contribution in [0.15, 0.2) is 83.5 Å². The minimum Gasteiger partial charge on any atom is -0.503 e. The summed E-state index contributed by atoms with van der Waals surface area (Å²) in [5.41, 5.74) is 1.83. The summed E-state index contributed by atoms with van der Waals surface area (Å²) in [5, 5.41) is 2.85. The highest BCUT2D eigenvalue weighted by molar-refractivity contribution is 9.10. The number of amides is 1. The molecule has 1 N–H and O–H groups in total. The van der Waals surface area contributed by atoms with E-state index in [1.165, 1.54) is 20.5 Å². The van der Waals surface area contributed by atoms with E-state index in [1.807, 2.05) is 6.07 Å². The van der Waals surface area contributed by atoms with Crippen molar-refractivity contribution in [2.45, 2.75) is 0 Å². The Morgan fingerprint density at radius 2 is 1.71 bits per heavy atom. The number of benzene rings is 3. The summed E-state index contributed by atoms with van der Waals surface area (Å²) in [6.45, 7) is 0. The van der Waals surface area contributed by atoms with Crippen molar-refractivity contribution >= 4 is 39.1 Å². The molecule has 0 bridgehead atoms. The fraction of sp³-hybridized carbons (Fsp3) is 0.0833. The number of esters is 1. The lowest BCUT2D eigenvalue weighted by atomic mass is 10.1. The minimum atomic E-state index is -0.548. The van der Waals surface area contributed by atoms with Gasteiger partial charge in [-0.1, -0.05) is 46.3 Å². The van der Waals surface area contributed by atoms with E-state index in [2.05, 4.69) is 21.2 Å². The van der Waals surface area contributed by atoms with Crippen LogP contribution in [-0.4, -0.2) is 26.1 Å². The quantitative estimate of drug-likeness (QED) is 0.268. The van der Waals surface area contributed by atoms with Crippen molar-refractivity contribution < 1.29 is 23.8 Å². The summed E-state index contributed by atoms with van der Waals surface area (Å²) in [6.07, 6.45) is 1.31. The third kappa shape index (κ3) is 5.73. The van der Waals surface area contributed by atoms with E-state index in [4.69, 9.17) is 14.2 Å². The molecule has 3 aromatic rings. The van der Waals surface area contributed by atoms with Gasteiger partial charge in [-0.2, -0.15) is 0 Å². The minimum absolute atomic E-state index is 0.222. The Kier molecular flexibility index (Phi) is 7.45. The lowest BCUT2D eigenvalue weighted by molar-refractivity contribution is -0.133. The van der Waals surface area contributed by atoms with E-state index in [1.54, 1.807) is 66.7 Å². The summed E-state index contributed by atoms with van der Waals surface area (Å²) in [5.74, 6) is 0.135. The molecule has 0 atom stereocenters. The molecule has 0 aliphatic heterocycles. The SMILES string of the molecule is COC=C(C(=O)OC)c1ccccc1Oc1cccc(NC(=O)c2cccc(Br)c2)c1. The first-order chi connectivity index (χ1) is 15.0. The highest BCUT2D eigenvalue weighted by atomic mass is 79.9. The van der Waals surface area contributed by atoms with Gasteiger partial charge in [-0.15, -0.1) is 0 Å². The average molecular weight is 482 g/mol. The molecule has 3 aromatic carbocycles. The van der Waals surface area contributed by atoms with Gasteiger partial charge in [0.1, 0.15) is 17.1 Å².